The number of nitrogens with two attached hydrogens (primary N) is 1. The van der Waals surface area contributed by atoms with Crippen LogP contribution in [0, 0.1) is 5.82 Å². The number of aliphatic imine (C=N–C) groups is 1. The maximum Gasteiger partial charge on any atom is 0.248 e. The molecule has 2 heterocycles. The van der Waals surface area contributed by atoms with Gasteiger partial charge in [-0.25, -0.2) is 14.4 Å². The van der Waals surface area contributed by atoms with Gasteiger partial charge in [0.25, 0.3) is 0 Å². The lowest BCUT2D eigenvalue weighted by atomic mass is 10.1. The van der Waals surface area contributed by atoms with Crippen LogP contribution in [-0.2, 0) is 6.54 Å². The number of nitrogens with one attached hydrogen (secondary N) is 2. The Labute approximate surface area is 163 Å². The second-order valence-corrected chi connectivity index (χ2v) is 6.64. The van der Waals surface area contributed by atoms with E-state index in [0.29, 0.717) is 30.4 Å². The van der Waals surface area contributed by atoms with Crippen LogP contribution in [0.15, 0.2) is 47.6 Å². The molecule has 1 aliphatic heterocycles. The smallest absolute Gasteiger partial charge is 0.248 e. The summed E-state index contributed by atoms with van der Waals surface area (Å²) in [6.07, 6.45) is 2.46. The molecule has 2 aromatic rings. The first-order valence-electron chi connectivity index (χ1n) is 9.36. The molecule has 0 bridgehead atoms. The van der Waals surface area contributed by atoms with E-state index in [1.54, 1.807) is 30.5 Å². The molecule has 28 heavy (non-hydrogen) atoms. The summed E-state index contributed by atoms with van der Waals surface area (Å²) in [6, 6.07) is 10.3. The zero-order valence-electron chi connectivity index (χ0n) is 15.9. The van der Waals surface area contributed by atoms with Gasteiger partial charge in [-0.15, -0.1) is 0 Å². The fraction of sp³-hybridized carbons (Fsp3) is 0.350. The van der Waals surface area contributed by atoms with Crippen LogP contribution in [0.2, 0.25) is 0 Å². The predicted octanol–water partition coefficient (Wildman–Crippen LogP) is 1.65. The molecule has 7 nitrogen and oxygen atoms in total. The largest absolute Gasteiger partial charge is 0.366 e. The summed E-state index contributed by atoms with van der Waals surface area (Å²) >= 11 is 0. The highest BCUT2D eigenvalue weighted by Gasteiger charge is 2.25. The third kappa shape index (κ3) is 4.97. The summed E-state index contributed by atoms with van der Waals surface area (Å²) in [5, 5.41) is 6.62. The van der Waals surface area contributed by atoms with Crippen molar-refractivity contribution in [2.24, 2.45) is 10.7 Å². The molecule has 0 aliphatic carbocycles. The fourth-order valence-electron chi connectivity index (χ4n) is 3.19. The lowest BCUT2D eigenvalue weighted by Gasteiger charge is -2.20. The number of rotatable bonds is 6. The third-order valence-corrected chi connectivity index (χ3v) is 4.54. The van der Waals surface area contributed by atoms with Crippen molar-refractivity contribution >= 4 is 17.7 Å². The second kappa shape index (κ2) is 9.16. The first-order valence-corrected chi connectivity index (χ1v) is 9.36. The monoisotopic (exact) mass is 384 g/mol. The van der Waals surface area contributed by atoms with Gasteiger partial charge < -0.3 is 21.3 Å². The van der Waals surface area contributed by atoms with E-state index in [1.807, 2.05) is 17.9 Å². The van der Waals surface area contributed by atoms with Crippen LogP contribution >= 0.6 is 0 Å². The van der Waals surface area contributed by atoms with E-state index in [2.05, 4.69) is 20.6 Å². The Balaban J connectivity index is 1.63. The van der Waals surface area contributed by atoms with Crippen molar-refractivity contribution in [2.45, 2.75) is 25.9 Å². The zero-order chi connectivity index (χ0) is 19.9. The van der Waals surface area contributed by atoms with Crippen LogP contribution in [0.25, 0.3) is 0 Å². The van der Waals surface area contributed by atoms with Crippen LogP contribution in [0.3, 0.4) is 0 Å². The molecule has 0 radical (unpaired) electrons. The fourth-order valence-corrected chi connectivity index (χ4v) is 3.19. The van der Waals surface area contributed by atoms with Crippen molar-refractivity contribution in [3.05, 3.63) is 59.5 Å². The number of guanidine groups is 1. The normalized spacial score (nSPS) is 16.9. The van der Waals surface area contributed by atoms with Crippen molar-refractivity contribution in [1.29, 1.82) is 0 Å². The van der Waals surface area contributed by atoms with Gasteiger partial charge in [0, 0.05) is 37.4 Å². The molecule has 1 aromatic heterocycles. The van der Waals surface area contributed by atoms with E-state index < -0.39 is 5.91 Å². The van der Waals surface area contributed by atoms with E-state index in [9.17, 15) is 9.18 Å². The van der Waals surface area contributed by atoms with E-state index in [1.165, 1.54) is 6.07 Å². The molecule has 1 fully saturated rings. The molecule has 0 spiro atoms. The van der Waals surface area contributed by atoms with Gasteiger partial charge in [-0.1, -0.05) is 12.1 Å². The van der Waals surface area contributed by atoms with E-state index in [-0.39, 0.29) is 11.9 Å². The highest BCUT2D eigenvalue weighted by molar-refractivity contribution is 5.92. The van der Waals surface area contributed by atoms with Crippen molar-refractivity contribution < 1.29 is 9.18 Å². The van der Waals surface area contributed by atoms with Gasteiger partial charge in [-0.2, -0.15) is 0 Å². The summed E-state index contributed by atoms with van der Waals surface area (Å²) in [6.45, 7) is 4.51. The number of hydrogen-bond acceptors (Lipinski definition) is 4. The van der Waals surface area contributed by atoms with Crippen LogP contribution in [0.1, 0.15) is 29.3 Å². The zero-order valence-corrected chi connectivity index (χ0v) is 15.9. The average molecular weight is 384 g/mol. The minimum absolute atomic E-state index is 0.135. The molecule has 148 valence electrons. The molecular formula is C20H25FN6O. The third-order valence-electron chi connectivity index (χ3n) is 4.54. The Morgan fingerprint density at radius 2 is 2.25 bits per heavy atom. The van der Waals surface area contributed by atoms with Crippen molar-refractivity contribution in [3.8, 4) is 0 Å². The molecule has 3 rings (SSSR count). The molecule has 1 amide bonds. The van der Waals surface area contributed by atoms with Crippen molar-refractivity contribution in [3.63, 3.8) is 0 Å². The topological polar surface area (TPSA) is 95.6 Å². The number of aromatic nitrogens is 1. The van der Waals surface area contributed by atoms with E-state index in [0.717, 1.165) is 25.1 Å². The molecule has 1 aromatic carbocycles. The molecule has 1 unspecified atom stereocenters. The van der Waals surface area contributed by atoms with Crippen LogP contribution < -0.4 is 21.3 Å². The van der Waals surface area contributed by atoms with E-state index >= 15 is 0 Å². The van der Waals surface area contributed by atoms with Crippen molar-refractivity contribution in [1.82, 2.24) is 15.6 Å². The Morgan fingerprint density at radius 1 is 1.39 bits per heavy atom. The molecule has 0 saturated carbocycles. The highest BCUT2D eigenvalue weighted by atomic mass is 19.1. The minimum Gasteiger partial charge on any atom is -0.366 e. The van der Waals surface area contributed by atoms with Crippen LogP contribution in [0.4, 0.5) is 10.2 Å². The van der Waals surface area contributed by atoms with Gasteiger partial charge in [0.05, 0.1) is 6.54 Å². The number of benzene rings is 1. The number of pyridine rings is 1. The first-order chi connectivity index (χ1) is 13.6. The number of anilines is 1. The summed E-state index contributed by atoms with van der Waals surface area (Å²) in [5.41, 5.74) is 6.70. The minimum atomic E-state index is -0.455. The van der Waals surface area contributed by atoms with Gasteiger partial charge in [0.15, 0.2) is 17.6 Å². The summed E-state index contributed by atoms with van der Waals surface area (Å²) in [5.74, 6) is 0.305. The molecule has 1 saturated heterocycles. The van der Waals surface area contributed by atoms with Gasteiger partial charge in [0.1, 0.15) is 0 Å². The summed E-state index contributed by atoms with van der Waals surface area (Å²) < 4.78 is 14.0. The number of carbonyl (C=O) groups is 1. The number of amides is 1. The maximum atomic E-state index is 14.0. The molecule has 4 N–H and O–H groups in total. The molecule has 1 aliphatic rings. The number of primary amides is 1. The van der Waals surface area contributed by atoms with Gasteiger partial charge in [0.2, 0.25) is 5.91 Å². The lowest BCUT2D eigenvalue weighted by Crippen LogP contribution is -2.44. The van der Waals surface area contributed by atoms with Crippen molar-refractivity contribution in [2.75, 3.05) is 24.5 Å². The Kier molecular flexibility index (Phi) is 6.41. The van der Waals surface area contributed by atoms with Gasteiger partial charge >= 0.3 is 0 Å². The van der Waals surface area contributed by atoms with Gasteiger partial charge in [-0.05, 0) is 43.2 Å². The average Bonchev–Trinajstić information content (AvgIpc) is 3.15. The predicted molar refractivity (Wildman–Crippen MR) is 108 cm³/mol. The Bertz CT molecular complexity index is 856. The highest BCUT2D eigenvalue weighted by Crippen LogP contribution is 2.20. The lowest BCUT2D eigenvalue weighted by molar-refractivity contribution is 0.1000. The standard InChI is InChI=1S/C20H25FN6O/c1-2-23-20(25-12-14-5-3-6-15(11-14)18(22)28)26-16-8-10-27(13-16)19-17(21)7-4-9-24-19/h3-7,9,11,16H,2,8,10,12-13H2,1H3,(H2,22,28)(H2,23,25,26). The number of carbonyl (C=O) groups excluding carboxylic acids is 1. The van der Waals surface area contributed by atoms with Crippen LogP contribution in [0.5, 0.6) is 0 Å². The van der Waals surface area contributed by atoms with Gasteiger partial charge in [-0.3, -0.25) is 4.79 Å². The maximum absolute atomic E-state index is 14.0. The van der Waals surface area contributed by atoms with E-state index in [4.69, 9.17) is 5.73 Å². The SMILES string of the molecule is CCNC(=NCc1cccc(C(N)=O)c1)NC1CCN(c2ncccc2F)C1. The molecule has 8 heteroatoms. The second-order valence-electron chi connectivity index (χ2n) is 6.64. The van der Waals surface area contributed by atoms with Crippen LogP contribution in [-0.4, -0.2) is 42.5 Å². The Hall–Kier alpha value is -3.16. The summed E-state index contributed by atoms with van der Waals surface area (Å²) in [7, 11) is 0. The Morgan fingerprint density at radius 3 is 3.00 bits per heavy atom. The molecule has 1 atom stereocenters. The quantitative estimate of drug-likeness (QED) is 0.520. The first kappa shape index (κ1) is 19.6. The number of nitrogens with zero attached hydrogens (tertiary/aromatic N) is 3. The number of halogens is 1. The summed E-state index contributed by atoms with van der Waals surface area (Å²) in [4.78, 5) is 22.0. The number of hydrogen-bond donors (Lipinski definition) is 3. The molecular weight excluding hydrogens is 359 g/mol.